The molecule has 3 rings (SSSR count). The van der Waals surface area contributed by atoms with Gasteiger partial charge in [-0.1, -0.05) is 35.9 Å². The summed E-state index contributed by atoms with van der Waals surface area (Å²) >= 11 is 6.29. The van der Waals surface area contributed by atoms with E-state index in [1.165, 1.54) is 6.07 Å². The molecule has 1 fully saturated rings. The summed E-state index contributed by atoms with van der Waals surface area (Å²) in [5.74, 6) is 0.0112. The van der Waals surface area contributed by atoms with E-state index < -0.39 is 0 Å². The van der Waals surface area contributed by atoms with Crippen molar-refractivity contribution in [1.29, 1.82) is 0 Å². The highest BCUT2D eigenvalue weighted by atomic mass is 127. The quantitative estimate of drug-likeness (QED) is 0.366. The highest BCUT2D eigenvalue weighted by molar-refractivity contribution is 14.0. The Morgan fingerprint density at radius 2 is 1.85 bits per heavy atom. The minimum Gasteiger partial charge on any atom is -0.370 e. The fourth-order valence-corrected chi connectivity index (χ4v) is 3.45. The van der Waals surface area contributed by atoms with E-state index in [0.717, 1.165) is 31.6 Å². The van der Waals surface area contributed by atoms with Crippen molar-refractivity contribution >= 4 is 47.2 Å². The van der Waals surface area contributed by atoms with Gasteiger partial charge in [-0.2, -0.15) is 0 Å². The molecule has 0 radical (unpaired) electrons. The molecule has 0 amide bonds. The molecule has 1 aliphatic heterocycles. The number of rotatable bonds is 5. The van der Waals surface area contributed by atoms with Crippen LogP contribution >= 0.6 is 35.6 Å². The molecule has 0 aliphatic carbocycles. The average Bonchev–Trinajstić information content (AvgIpc) is 3.12. The molecule has 4 nitrogen and oxygen atoms in total. The maximum Gasteiger partial charge on any atom is 0.193 e. The zero-order valence-corrected chi connectivity index (χ0v) is 17.5. The number of hydrogen-bond donors (Lipinski definition) is 2. The molecule has 2 aromatic carbocycles. The van der Waals surface area contributed by atoms with Crippen LogP contribution in [0.3, 0.4) is 0 Å². The number of anilines is 1. The predicted octanol–water partition coefficient (Wildman–Crippen LogP) is 4.66. The predicted molar refractivity (Wildman–Crippen MR) is 117 cm³/mol. The molecule has 0 saturated carbocycles. The second-order valence-corrected chi connectivity index (χ2v) is 6.52. The van der Waals surface area contributed by atoms with Crippen LogP contribution in [-0.4, -0.2) is 30.5 Å². The third-order valence-corrected chi connectivity index (χ3v) is 4.72. The molecule has 1 atom stereocenters. The van der Waals surface area contributed by atoms with Crippen LogP contribution in [0, 0.1) is 5.82 Å². The molecule has 1 saturated heterocycles. The highest BCUT2D eigenvalue weighted by Crippen LogP contribution is 2.32. The Hall–Kier alpha value is -1.38. The summed E-state index contributed by atoms with van der Waals surface area (Å²) in [6, 6.07) is 14.2. The van der Waals surface area contributed by atoms with Crippen molar-refractivity contribution in [2.24, 2.45) is 10.7 Å². The number of hydrogen-bond acceptors (Lipinski definition) is 2. The molecule has 0 bridgehead atoms. The van der Waals surface area contributed by atoms with E-state index in [4.69, 9.17) is 17.3 Å². The van der Waals surface area contributed by atoms with Crippen LogP contribution in [0.5, 0.6) is 0 Å². The summed E-state index contributed by atoms with van der Waals surface area (Å²) in [7, 11) is 0. The number of guanidine groups is 1. The van der Waals surface area contributed by atoms with Crippen molar-refractivity contribution in [2.75, 3.05) is 25.0 Å². The van der Waals surface area contributed by atoms with Crippen molar-refractivity contribution in [3.05, 3.63) is 64.9 Å². The molecule has 1 unspecified atom stereocenters. The maximum atomic E-state index is 14.4. The van der Waals surface area contributed by atoms with E-state index in [-0.39, 0.29) is 35.8 Å². The van der Waals surface area contributed by atoms with E-state index in [1.807, 2.05) is 30.3 Å². The second kappa shape index (κ2) is 10.1. The summed E-state index contributed by atoms with van der Waals surface area (Å²) in [5.41, 5.74) is 7.37. The highest BCUT2D eigenvalue weighted by Gasteiger charge is 2.27. The lowest BCUT2D eigenvalue weighted by molar-refractivity contribution is 0.246. The van der Waals surface area contributed by atoms with Crippen molar-refractivity contribution in [2.45, 2.75) is 18.9 Å². The van der Waals surface area contributed by atoms with Gasteiger partial charge in [-0.25, -0.2) is 4.39 Å². The number of para-hydroxylation sites is 1. The van der Waals surface area contributed by atoms with Crippen LogP contribution in [0.1, 0.15) is 24.4 Å². The Morgan fingerprint density at radius 1 is 1.15 bits per heavy atom. The first-order chi connectivity index (χ1) is 12.1. The Labute approximate surface area is 175 Å². The number of likely N-dealkylation sites (tertiary alicyclic amines) is 1. The summed E-state index contributed by atoms with van der Waals surface area (Å²) in [5, 5.41) is 3.48. The lowest BCUT2D eigenvalue weighted by Crippen LogP contribution is -2.31. The Kier molecular flexibility index (Phi) is 8.12. The van der Waals surface area contributed by atoms with Gasteiger partial charge in [0.15, 0.2) is 5.96 Å². The Bertz CT molecular complexity index is 715. The first kappa shape index (κ1) is 20.9. The van der Waals surface area contributed by atoms with Gasteiger partial charge < -0.3 is 11.1 Å². The summed E-state index contributed by atoms with van der Waals surface area (Å²) in [4.78, 5) is 6.67. The van der Waals surface area contributed by atoms with Gasteiger partial charge in [-0.15, -0.1) is 24.0 Å². The number of nitrogens with two attached hydrogens (primary N) is 1. The Balaban J connectivity index is 0.00000243. The van der Waals surface area contributed by atoms with Crippen LogP contribution in [-0.2, 0) is 0 Å². The van der Waals surface area contributed by atoms with Gasteiger partial charge in [-0.3, -0.25) is 9.89 Å². The molecule has 0 aromatic heterocycles. The van der Waals surface area contributed by atoms with Crippen LogP contribution in [0.15, 0.2) is 53.5 Å². The third-order valence-electron chi connectivity index (χ3n) is 4.40. The van der Waals surface area contributed by atoms with E-state index in [9.17, 15) is 4.39 Å². The lowest BCUT2D eigenvalue weighted by atomic mass is 10.0. The minimum absolute atomic E-state index is 0. The van der Waals surface area contributed by atoms with Gasteiger partial charge in [-0.05, 0) is 50.2 Å². The molecule has 0 spiro atoms. The Morgan fingerprint density at radius 3 is 2.50 bits per heavy atom. The molecule has 7 heteroatoms. The van der Waals surface area contributed by atoms with Crippen LogP contribution in [0.4, 0.5) is 10.1 Å². The van der Waals surface area contributed by atoms with Gasteiger partial charge in [0.1, 0.15) is 5.82 Å². The fraction of sp³-hybridized carbons (Fsp3) is 0.316. The number of halogens is 3. The number of nitrogens with zero attached hydrogens (tertiary/aromatic N) is 2. The maximum absolute atomic E-state index is 14.4. The topological polar surface area (TPSA) is 53.6 Å². The molecular formula is C19H23ClFIN4. The molecular weight excluding hydrogens is 466 g/mol. The van der Waals surface area contributed by atoms with E-state index in [1.54, 1.807) is 12.1 Å². The molecule has 3 N–H and O–H groups in total. The fourth-order valence-electron chi connectivity index (χ4n) is 3.17. The smallest absolute Gasteiger partial charge is 0.193 e. The standard InChI is InChI=1S/C19H22ClFN4.HI/c20-15-9-6-10-16(21)18(15)17(25-11-4-5-12-25)13-23-19(22)24-14-7-2-1-3-8-14;/h1-3,6-10,17H,4-5,11-13H2,(H3,22,23,24);1H. The molecule has 1 aliphatic rings. The van der Waals surface area contributed by atoms with Gasteiger partial charge in [0.2, 0.25) is 0 Å². The summed E-state index contributed by atoms with van der Waals surface area (Å²) in [6.45, 7) is 2.18. The SMILES string of the molecule is I.NC(=NCC(c1c(F)cccc1Cl)N1CCCC1)Nc1ccccc1. The van der Waals surface area contributed by atoms with Crippen molar-refractivity contribution < 1.29 is 4.39 Å². The zero-order chi connectivity index (χ0) is 17.6. The molecule has 26 heavy (non-hydrogen) atoms. The van der Waals surface area contributed by atoms with Crippen LogP contribution in [0.2, 0.25) is 5.02 Å². The zero-order valence-electron chi connectivity index (χ0n) is 14.4. The van der Waals surface area contributed by atoms with Crippen molar-refractivity contribution in [1.82, 2.24) is 4.90 Å². The first-order valence-electron chi connectivity index (χ1n) is 8.45. The normalized spacial score (nSPS) is 16.2. The first-order valence-corrected chi connectivity index (χ1v) is 8.83. The van der Waals surface area contributed by atoms with Gasteiger partial charge in [0.25, 0.3) is 0 Å². The van der Waals surface area contributed by atoms with E-state index >= 15 is 0 Å². The van der Waals surface area contributed by atoms with Crippen molar-refractivity contribution in [3.63, 3.8) is 0 Å². The lowest BCUT2D eigenvalue weighted by Gasteiger charge is -2.27. The van der Waals surface area contributed by atoms with Gasteiger partial charge in [0.05, 0.1) is 12.6 Å². The molecule has 2 aromatic rings. The minimum atomic E-state index is -0.297. The summed E-state index contributed by atoms with van der Waals surface area (Å²) in [6.07, 6.45) is 2.20. The third kappa shape index (κ3) is 5.31. The summed E-state index contributed by atoms with van der Waals surface area (Å²) < 4.78 is 14.4. The number of benzene rings is 2. The average molecular weight is 489 g/mol. The van der Waals surface area contributed by atoms with Crippen LogP contribution in [0.25, 0.3) is 0 Å². The molecule has 140 valence electrons. The number of aliphatic imine (C=N–C) groups is 1. The second-order valence-electron chi connectivity index (χ2n) is 6.11. The van der Waals surface area contributed by atoms with Crippen molar-refractivity contribution in [3.8, 4) is 0 Å². The number of nitrogens with one attached hydrogen (secondary N) is 1. The van der Waals surface area contributed by atoms with Gasteiger partial charge in [0, 0.05) is 16.3 Å². The monoisotopic (exact) mass is 488 g/mol. The van der Waals surface area contributed by atoms with E-state index in [0.29, 0.717) is 23.1 Å². The van der Waals surface area contributed by atoms with Crippen LogP contribution < -0.4 is 11.1 Å². The van der Waals surface area contributed by atoms with E-state index in [2.05, 4.69) is 15.2 Å². The molecule has 1 heterocycles. The van der Waals surface area contributed by atoms with Gasteiger partial charge >= 0.3 is 0 Å². The largest absolute Gasteiger partial charge is 0.370 e.